The molecule has 6 N–H and O–H groups in total. The standard InChI is InChI=1S/C20H26ClN9O5S/c1-10-11(8-12(35-10)36(33,34)29(2)3)18(32)30-6-4-20(5-7-30)9-24-19(28-20)27-17(31)13-15(22)26-16(23)14(21)25-13/h8H,4-7,9H2,1-3H3,(H4,22,23,26)(H2,24,27,28,31). The highest BCUT2D eigenvalue weighted by Gasteiger charge is 2.41. The lowest BCUT2D eigenvalue weighted by atomic mass is 9.88. The lowest BCUT2D eigenvalue weighted by Gasteiger charge is -2.39. The highest BCUT2D eigenvalue weighted by atomic mass is 35.5. The van der Waals surface area contributed by atoms with Crippen LogP contribution in [0.1, 0.15) is 39.4 Å². The first-order valence-electron chi connectivity index (χ1n) is 10.9. The number of halogens is 1. The van der Waals surface area contributed by atoms with Crippen molar-refractivity contribution in [2.45, 2.75) is 30.4 Å². The van der Waals surface area contributed by atoms with Crippen LogP contribution in [0.2, 0.25) is 5.15 Å². The van der Waals surface area contributed by atoms with E-state index in [0.717, 1.165) is 4.31 Å². The van der Waals surface area contributed by atoms with E-state index in [0.29, 0.717) is 32.5 Å². The molecule has 4 rings (SSSR count). The molecule has 0 unspecified atom stereocenters. The number of hydrogen-bond acceptors (Lipinski definition) is 11. The van der Waals surface area contributed by atoms with E-state index >= 15 is 0 Å². The topological polar surface area (TPSA) is 202 Å². The number of carbonyl (C=O) groups excluding carboxylic acids is 2. The van der Waals surface area contributed by atoms with Crippen molar-refractivity contribution in [1.82, 2.24) is 29.8 Å². The third-order valence-corrected chi connectivity index (χ3v) is 8.09. The molecule has 2 aromatic rings. The zero-order chi connectivity index (χ0) is 26.4. The van der Waals surface area contributed by atoms with E-state index in [9.17, 15) is 18.0 Å². The average molecular weight is 540 g/mol. The number of sulfonamides is 1. The second-order valence-corrected chi connectivity index (χ2v) is 11.2. The lowest BCUT2D eigenvalue weighted by molar-refractivity contribution is 0.0667. The summed E-state index contributed by atoms with van der Waals surface area (Å²) < 4.78 is 31.1. The molecular formula is C20H26ClN9O5S. The molecule has 2 aromatic heterocycles. The van der Waals surface area contributed by atoms with E-state index in [4.69, 9.17) is 27.5 Å². The van der Waals surface area contributed by atoms with Crippen molar-refractivity contribution in [3.63, 3.8) is 0 Å². The molecule has 0 atom stereocenters. The van der Waals surface area contributed by atoms with E-state index in [1.54, 1.807) is 11.8 Å². The fourth-order valence-electron chi connectivity index (χ4n) is 3.97. The minimum atomic E-state index is -3.80. The first kappa shape index (κ1) is 25.7. The molecule has 194 valence electrons. The van der Waals surface area contributed by atoms with Gasteiger partial charge in [0.2, 0.25) is 5.09 Å². The van der Waals surface area contributed by atoms with Crippen LogP contribution in [0.15, 0.2) is 20.6 Å². The van der Waals surface area contributed by atoms with Crippen molar-refractivity contribution < 1.29 is 22.4 Å². The lowest BCUT2D eigenvalue weighted by Crippen LogP contribution is -2.57. The smallest absolute Gasteiger partial charge is 0.280 e. The molecule has 2 aliphatic rings. The van der Waals surface area contributed by atoms with Crippen LogP contribution >= 0.6 is 11.6 Å². The number of nitrogens with two attached hydrogens (primary N) is 2. The van der Waals surface area contributed by atoms with Crippen molar-refractivity contribution in [3.05, 3.63) is 28.2 Å². The van der Waals surface area contributed by atoms with Gasteiger partial charge in [0.1, 0.15) is 5.76 Å². The highest BCUT2D eigenvalue weighted by molar-refractivity contribution is 7.88. The number of nitrogens with one attached hydrogen (secondary N) is 2. The normalized spacial score (nSPS) is 17.2. The number of hydrogen-bond donors (Lipinski definition) is 4. The molecule has 0 saturated carbocycles. The fraction of sp³-hybridized carbons (Fsp3) is 0.450. The SMILES string of the molecule is Cc1oc(S(=O)(=O)N(C)C)cc1C(=O)N1CCC2(CC1)CN=C(NC(=O)c1nc(Cl)c(N)nc1N)N2. The van der Waals surface area contributed by atoms with Crippen LogP contribution in [0.3, 0.4) is 0 Å². The quantitative estimate of drug-likeness (QED) is 0.403. The minimum absolute atomic E-state index is 0.0801. The van der Waals surface area contributed by atoms with E-state index in [1.807, 2.05) is 0 Å². The number of aliphatic imine (C=N–C) groups is 1. The van der Waals surface area contributed by atoms with Gasteiger partial charge in [-0.3, -0.25) is 19.9 Å². The van der Waals surface area contributed by atoms with Crippen molar-refractivity contribution in [2.75, 3.05) is 45.2 Å². The summed E-state index contributed by atoms with van der Waals surface area (Å²) in [5.41, 5.74) is 10.9. The number of amides is 2. The van der Waals surface area contributed by atoms with Crippen LogP contribution in [0, 0.1) is 6.92 Å². The highest BCUT2D eigenvalue weighted by Crippen LogP contribution is 2.29. The summed E-state index contributed by atoms with van der Waals surface area (Å²) in [5, 5.41) is 5.43. The summed E-state index contributed by atoms with van der Waals surface area (Å²) in [7, 11) is -1.02. The molecule has 1 spiro atoms. The van der Waals surface area contributed by atoms with Crippen molar-refractivity contribution in [3.8, 4) is 0 Å². The van der Waals surface area contributed by atoms with Gasteiger partial charge in [-0.25, -0.2) is 22.7 Å². The molecule has 16 heteroatoms. The molecule has 0 aliphatic carbocycles. The number of rotatable bonds is 4. The summed E-state index contributed by atoms with van der Waals surface area (Å²) in [5.74, 6) is -0.713. The van der Waals surface area contributed by atoms with Gasteiger partial charge in [-0.2, -0.15) is 0 Å². The largest absolute Gasteiger partial charge is 0.448 e. The molecule has 36 heavy (non-hydrogen) atoms. The van der Waals surface area contributed by atoms with Crippen molar-refractivity contribution in [2.24, 2.45) is 4.99 Å². The summed E-state index contributed by atoms with van der Waals surface area (Å²) in [6.07, 6.45) is 1.11. The number of aromatic nitrogens is 2. The third-order valence-electron chi connectivity index (χ3n) is 6.14. The first-order valence-corrected chi connectivity index (χ1v) is 12.7. The average Bonchev–Trinajstić information content (AvgIpc) is 3.40. The molecule has 0 radical (unpaired) electrons. The Balaban J connectivity index is 1.37. The number of guanidine groups is 1. The van der Waals surface area contributed by atoms with Crippen LogP contribution in [-0.4, -0.2) is 84.6 Å². The predicted molar refractivity (Wildman–Crippen MR) is 131 cm³/mol. The van der Waals surface area contributed by atoms with Crippen molar-refractivity contribution in [1.29, 1.82) is 0 Å². The van der Waals surface area contributed by atoms with E-state index in [1.165, 1.54) is 20.2 Å². The second kappa shape index (κ2) is 9.22. The predicted octanol–water partition coefficient (Wildman–Crippen LogP) is -0.190. The Morgan fingerprint density at radius 1 is 1.22 bits per heavy atom. The number of furan rings is 1. The number of aryl methyl sites for hydroxylation is 1. The van der Waals surface area contributed by atoms with Gasteiger partial charge in [0.05, 0.1) is 17.6 Å². The third kappa shape index (κ3) is 4.68. The zero-order valence-corrected chi connectivity index (χ0v) is 21.4. The molecule has 0 aromatic carbocycles. The van der Waals surface area contributed by atoms with E-state index in [2.05, 4.69) is 25.6 Å². The van der Waals surface area contributed by atoms with Crippen molar-refractivity contribution >= 4 is 51.0 Å². The number of nitrogen functional groups attached to an aromatic ring is 2. The summed E-state index contributed by atoms with van der Waals surface area (Å²) in [4.78, 5) is 39.4. The van der Waals surface area contributed by atoms with Gasteiger partial charge in [-0.05, 0) is 19.8 Å². The monoisotopic (exact) mass is 539 g/mol. The molecule has 0 bridgehead atoms. The Morgan fingerprint density at radius 2 is 1.89 bits per heavy atom. The van der Waals surface area contributed by atoms with Gasteiger partial charge in [0, 0.05) is 33.3 Å². The Bertz CT molecular complexity index is 1360. The number of anilines is 2. The number of piperidine rings is 1. The van der Waals surface area contributed by atoms with Gasteiger partial charge in [-0.15, -0.1) is 0 Å². The zero-order valence-electron chi connectivity index (χ0n) is 19.8. The number of carbonyl (C=O) groups is 2. The number of likely N-dealkylation sites (tertiary alicyclic amines) is 1. The molecule has 4 heterocycles. The minimum Gasteiger partial charge on any atom is -0.448 e. The maximum Gasteiger partial charge on any atom is 0.280 e. The van der Waals surface area contributed by atoms with Crippen LogP contribution in [-0.2, 0) is 10.0 Å². The molecule has 1 fully saturated rings. The maximum absolute atomic E-state index is 13.1. The van der Waals surface area contributed by atoms with Gasteiger partial charge in [0.15, 0.2) is 28.4 Å². The van der Waals surface area contributed by atoms with E-state index < -0.39 is 21.5 Å². The Kier molecular flexibility index (Phi) is 6.57. The maximum atomic E-state index is 13.1. The van der Waals surface area contributed by atoms with Gasteiger partial charge >= 0.3 is 0 Å². The number of nitrogens with zero attached hydrogens (tertiary/aromatic N) is 5. The molecule has 1 saturated heterocycles. The Morgan fingerprint density at radius 3 is 2.53 bits per heavy atom. The molecule has 2 aliphatic heterocycles. The summed E-state index contributed by atoms with van der Waals surface area (Å²) >= 11 is 5.84. The summed E-state index contributed by atoms with van der Waals surface area (Å²) in [6.45, 7) is 2.74. The van der Waals surface area contributed by atoms with Gasteiger partial charge < -0.3 is 26.1 Å². The van der Waals surface area contributed by atoms with Crippen LogP contribution < -0.4 is 22.1 Å². The van der Waals surface area contributed by atoms with Gasteiger partial charge in [-0.1, -0.05) is 11.6 Å². The van der Waals surface area contributed by atoms with Gasteiger partial charge in [0.25, 0.3) is 21.8 Å². The second-order valence-electron chi connectivity index (χ2n) is 8.77. The Hall–Kier alpha value is -3.43. The van der Waals surface area contributed by atoms with E-state index in [-0.39, 0.29) is 50.8 Å². The van der Waals surface area contributed by atoms with Crippen LogP contribution in [0.5, 0.6) is 0 Å². The molecule has 2 amide bonds. The van der Waals surface area contributed by atoms with Crippen LogP contribution in [0.25, 0.3) is 0 Å². The summed E-state index contributed by atoms with van der Waals surface area (Å²) in [6, 6.07) is 1.26. The molecular weight excluding hydrogens is 514 g/mol. The van der Waals surface area contributed by atoms with Crippen LogP contribution in [0.4, 0.5) is 11.6 Å². The first-order chi connectivity index (χ1) is 16.8. The molecule has 14 nitrogen and oxygen atoms in total. The fourth-order valence-corrected chi connectivity index (χ4v) is 4.96. The Labute approximate surface area is 212 Å².